The Morgan fingerprint density at radius 1 is 1.05 bits per heavy atom. The van der Waals surface area contributed by atoms with Gasteiger partial charge in [-0.25, -0.2) is 0 Å². The van der Waals surface area contributed by atoms with Crippen LogP contribution in [0.2, 0.25) is 0 Å². The van der Waals surface area contributed by atoms with E-state index in [0.717, 1.165) is 38.8 Å². The van der Waals surface area contributed by atoms with E-state index in [1.165, 1.54) is 0 Å². The van der Waals surface area contributed by atoms with Crippen molar-refractivity contribution in [1.29, 1.82) is 0 Å². The summed E-state index contributed by atoms with van der Waals surface area (Å²) in [4.78, 5) is 12.0. The van der Waals surface area contributed by atoms with E-state index in [9.17, 15) is 13.4 Å². The number of ether oxygens (including phenoxy) is 2. The van der Waals surface area contributed by atoms with Crippen molar-refractivity contribution in [2.45, 2.75) is 51.4 Å². The summed E-state index contributed by atoms with van der Waals surface area (Å²) in [6.45, 7) is 7.54. The first-order valence-corrected chi connectivity index (χ1v) is 14.4. The second kappa shape index (κ2) is 12.6. The molecule has 2 atom stereocenters. The predicted molar refractivity (Wildman–Crippen MR) is 154 cm³/mol. The zero-order valence-corrected chi connectivity index (χ0v) is 23.7. The van der Waals surface area contributed by atoms with E-state index < -0.39 is 28.1 Å². The molecule has 0 spiro atoms. The smallest absolute Gasteiger partial charge is 0.310 e. The largest absolute Gasteiger partial charge is 0.489 e. The van der Waals surface area contributed by atoms with Crippen molar-refractivity contribution >= 4 is 27.7 Å². The van der Waals surface area contributed by atoms with Crippen LogP contribution in [-0.4, -0.2) is 34.0 Å². The van der Waals surface area contributed by atoms with Gasteiger partial charge in [-0.15, -0.1) is 0 Å². The topological polar surface area (TPSA) is 65.7 Å². The highest BCUT2D eigenvalue weighted by Crippen LogP contribution is 2.34. The molecule has 1 unspecified atom stereocenters. The van der Waals surface area contributed by atoms with Crippen molar-refractivity contribution in [3.8, 4) is 16.9 Å². The highest BCUT2D eigenvalue weighted by atomic mass is 32.2. The Hall–Kier alpha value is -3.45. The fraction of sp³-hybridized carbons (Fsp3) is 0.344. The highest BCUT2D eigenvalue weighted by molar-refractivity contribution is 7.86. The first-order valence-electron chi connectivity index (χ1n) is 13.1. The molecule has 0 aliphatic heterocycles. The van der Waals surface area contributed by atoms with Gasteiger partial charge in [-0.1, -0.05) is 42.5 Å². The molecule has 4 rings (SSSR count). The van der Waals surface area contributed by atoms with Crippen molar-refractivity contribution < 1.29 is 27.3 Å². The maximum atomic E-state index is 14.1. The van der Waals surface area contributed by atoms with Crippen LogP contribution < -0.4 is 4.74 Å². The van der Waals surface area contributed by atoms with E-state index in [4.69, 9.17) is 13.9 Å². The van der Waals surface area contributed by atoms with Gasteiger partial charge in [0.05, 0.1) is 26.0 Å². The Bertz CT molecular complexity index is 1450. The zero-order valence-electron chi connectivity index (χ0n) is 22.9. The number of halogens is 1. The van der Waals surface area contributed by atoms with E-state index in [1.54, 1.807) is 13.2 Å². The van der Waals surface area contributed by atoms with Crippen LogP contribution in [0.1, 0.15) is 50.3 Å². The van der Waals surface area contributed by atoms with Crippen molar-refractivity contribution in [2.75, 3.05) is 19.0 Å². The number of benzene rings is 3. The summed E-state index contributed by atoms with van der Waals surface area (Å²) in [6, 6.07) is 21.1. The van der Waals surface area contributed by atoms with E-state index in [-0.39, 0.29) is 24.7 Å². The van der Waals surface area contributed by atoms with Gasteiger partial charge in [0.2, 0.25) is 0 Å². The molecule has 5 nitrogen and oxygen atoms in total. The van der Waals surface area contributed by atoms with Gasteiger partial charge in [-0.3, -0.25) is 13.4 Å². The minimum absolute atomic E-state index is 0.137. The fourth-order valence-corrected chi connectivity index (χ4v) is 5.53. The summed E-state index contributed by atoms with van der Waals surface area (Å²) < 4.78 is 43.5. The molecule has 0 fully saturated rings. The van der Waals surface area contributed by atoms with Gasteiger partial charge >= 0.3 is 5.97 Å². The second-order valence-corrected chi connectivity index (χ2v) is 12.7. The molecule has 0 aliphatic rings. The number of furan rings is 1. The van der Waals surface area contributed by atoms with Gasteiger partial charge in [0.1, 0.15) is 17.9 Å². The number of hydrogen-bond donors (Lipinski definition) is 0. The first-order chi connectivity index (χ1) is 18.7. The standard InChI is InChI=1S/C32H35FO5S/c1-5-36-30(34)18-25-9-6-7-12-29(25)38-20-22-15-26-13-14-37-31(26)28(16-22)24-11-8-10-23(17-24)27(19-33)21-39(35)32(2,3)4/h6-17,27H,5,18-21H2,1-4H3/t27?,39-/m0/s1. The summed E-state index contributed by atoms with van der Waals surface area (Å²) in [6.07, 6.45) is 1.78. The van der Waals surface area contributed by atoms with E-state index >= 15 is 0 Å². The quantitative estimate of drug-likeness (QED) is 0.182. The lowest BCUT2D eigenvalue weighted by molar-refractivity contribution is -0.142. The van der Waals surface area contributed by atoms with Crippen molar-refractivity contribution in [3.63, 3.8) is 0 Å². The maximum Gasteiger partial charge on any atom is 0.310 e. The molecular weight excluding hydrogens is 515 g/mol. The van der Waals surface area contributed by atoms with Gasteiger partial charge in [-0.2, -0.15) is 0 Å². The molecule has 0 saturated carbocycles. The molecule has 0 radical (unpaired) electrons. The molecule has 206 valence electrons. The summed E-state index contributed by atoms with van der Waals surface area (Å²) >= 11 is 0. The molecule has 0 aliphatic carbocycles. The van der Waals surface area contributed by atoms with E-state index in [1.807, 2.05) is 87.5 Å². The molecule has 0 saturated heterocycles. The summed E-state index contributed by atoms with van der Waals surface area (Å²) in [5.74, 6) is 0.130. The predicted octanol–water partition coefficient (Wildman–Crippen LogP) is 7.38. The lowest BCUT2D eigenvalue weighted by Crippen LogP contribution is -2.27. The molecule has 39 heavy (non-hydrogen) atoms. The van der Waals surface area contributed by atoms with Crippen LogP contribution in [0, 0.1) is 0 Å². The van der Waals surface area contributed by atoms with Crippen LogP contribution in [0.3, 0.4) is 0 Å². The summed E-state index contributed by atoms with van der Waals surface area (Å²) in [7, 11) is -1.17. The number of carbonyl (C=O) groups excluding carboxylic acids is 1. The lowest BCUT2D eigenvalue weighted by Gasteiger charge is -2.22. The molecule has 0 N–H and O–H groups in total. The lowest BCUT2D eigenvalue weighted by atomic mass is 9.95. The molecule has 1 heterocycles. The molecular formula is C32H35FO5S. The molecule has 1 aromatic heterocycles. The van der Waals surface area contributed by atoms with Gasteiger partial charge < -0.3 is 13.9 Å². The van der Waals surface area contributed by atoms with Crippen LogP contribution in [0.4, 0.5) is 4.39 Å². The normalized spacial score (nSPS) is 13.3. The van der Waals surface area contributed by atoms with Gasteiger partial charge in [0.25, 0.3) is 0 Å². The Balaban J connectivity index is 1.61. The van der Waals surface area contributed by atoms with Crippen LogP contribution in [0.15, 0.2) is 77.4 Å². The zero-order chi connectivity index (χ0) is 28.0. The number of esters is 1. The maximum absolute atomic E-state index is 14.1. The molecule has 3 aromatic carbocycles. The van der Waals surface area contributed by atoms with Gasteiger partial charge in [0, 0.05) is 43.7 Å². The molecule has 0 amide bonds. The molecule has 7 heteroatoms. The molecule has 0 bridgehead atoms. The van der Waals surface area contributed by atoms with E-state index in [0.29, 0.717) is 12.4 Å². The highest BCUT2D eigenvalue weighted by Gasteiger charge is 2.24. The van der Waals surface area contributed by atoms with Crippen LogP contribution in [0.5, 0.6) is 5.75 Å². The Morgan fingerprint density at radius 2 is 1.85 bits per heavy atom. The number of carbonyl (C=O) groups is 1. The average Bonchev–Trinajstić information content (AvgIpc) is 3.39. The third kappa shape index (κ3) is 7.15. The van der Waals surface area contributed by atoms with Crippen molar-refractivity contribution in [3.05, 3.63) is 89.7 Å². The van der Waals surface area contributed by atoms with Crippen molar-refractivity contribution in [1.82, 2.24) is 0 Å². The third-order valence-electron chi connectivity index (χ3n) is 6.51. The Morgan fingerprint density at radius 3 is 2.59 bits per heavy atom. The third-order valence-corrected chi connectivity index (χ3v) is 8.58. The number of rotatable bonds is 11. The summed E-state index contributed by atoms with van der Waals surface area (Å²) in [5.41, 5.74) is 4.98. The fourth-order valence-electron chi connectivity index (χ4n) is 4.38. The minimum Gasteiger partial charge on any atom is -0.489 e. The Labute approximate surface area is 231 Å². The van der Waals surface area contributed by atoms with Crippen LogP contribution in [0.25, 0.3) is 22.1 Å². The van der Waals surface area contributed by atoms with Gasteiger partial charge in [-0.05, 0) is 68.7 Å². The van der Waals surface area contributed by atoms with E-state index in [2.05, 4.69) is 0 Å². The number of alkyl halides is 1. The van der Waals surface area contributed by atoms with Crippen molar-refractivity contribution in [2.24, 2.45) is 0 Å². The first kappa shape index (κ1) is 28.6. The second-order valence-electron chi connectivity index (χ2n) is 10.5. The Kier molecular flexibility index (Phi) is 9.23. The number of para-hydroxylation sites is 1. The number of hydrogen-bond acceptors (Lipinski definition) is 5. The monoisotopic (exact) mass is 550 g/mol. The van der Waals surface area contributed by atoms with Gasteiger partial charge in [0.15, 0.2) is 0 Å². The van der Waals surface area contributed by atoms with Crippen LogP contribution >= 0.6 is 0 Å². The SMILES string of the molecule is CCOC(=O)Cc1ccccc1OCc1cc(-c2cccc(C(CF)C[S@](=O)C(C)(C)C)c2)c2occc2c1. The van der Waals surface area contributed by atoms with Crippen LogP contribution in [-0.2, 0) is 33.4 Å². The average molecular weight is 551 g/mol. The number of fused-ring (bicyclic) bond motifs is 1. The summed E-state index contributed by atoms with van der Waals surface area (Å²) in [5, 5.41) is 0.923. The minimum atomic E-state index is -1.17. The molecule has 4 aromatic rings.